The van der Waals surface area contributed by atoms with Crippen molar-refractivity contribution in [3.63, 3.8) is 0 Å². The third kappa shape index (κ3) is 3.50. The van der Waals surface area contributed by atoms with Gasteiger partial charge in [-0.3, -0.25) is 4.90 Å². The van der Waals surface area contributed by atoms with E-state index in [1.807, 2.05) is 12.1 Å². The number of anilines is 1. The first-order chi connectivity index (χ1) is 10.3. The van der Waals surface area contributed by atoms with Crippen LogP contribution in [-0.4, -0.2) is 57.8 Å². The number of hydrogen-bond donors (Lipinski definition) is 1. The van der Waals surface area contributed by atoms with Crippen LogP contribution in [-0.2, 0) is 0 Å². The van der Waals surface area contributed by atoms with E-state index in [0.29, 0.717) is 0 Å². The molecule has 1 aromatic rings. The molecule has 2 saturated heterocycles. The first-order valence-corrected chi connectivity index (χ1v) is 8.08. The Morgan fingerprint density at radius 2 is 1.81 bits per heavy atom. The van der Waals surface area contributed by atoms with Crippen LogP contribution in [0.25, 0.3) is 0 Å². The summed E-state index contributed by atoms with van der Waals surface area (Å²) in [6.45, 7) is 10.6. The number of rotatable bonds is 4. The number of nitrogens with one attached hydrogen (secondary N) is 1. The first kappa shape index (κ1) is 14.7. The summed E-state index contributed by atoms with van der Waals surface area (Å²) in [6, 6.07) is 8.43. The van der Waals surface area contributed by atoms with Crippen LogP contribution in [0.2, 0.25) is 0 Å². The van der Waals surface area contributed by atoms with E-state index in [4.69, 9.17) is 4.74 Å². The largest absolute Gasteiger partial charge is 0.497 e. The Hall–Kier alpha value is -1.26. The van der Waals surface area contributed by atoms with Crippen LogP contribution in [0.1, 0.15) is 6.92 Å². The summed E-state index contributed by atoms with van der Waals surface area (Å²) < 4.78 is 5.23. The Kier molecular flexibility index (Phi) is 4.66. The monoisotopic (exact) mass is 289 g/mol. The van der Waals surface area contributed by atoms with Crippen LogP contribution in [0.3, 0.4) is 0 Å². The predicted molar refractivity (Wildman–Crippen MR) is 87.2 cm³/mol. The molecule has 0 saturated carbocycles. The highest BCUT2D eigenvalue weighted by Crippen LogP contribution is 2.22. The molecule has 2 unspecified atom stereocenters. The van der Waals surface area contributed by atoms with Crippen molar-refractivity contribution in [3.8, 4) is 5.75 Å². The molecule has 3 rings (SSSR count). The number of benzene rings is 1. The Balaban J connectivity index is 1.50. The van der Waals surface area contributed by atoms with E-state index >= 15 is 0 Å². The van der Waals surface area contributed by atoms with Crippen molar-refractivity contribution in [3.05, 3.63) is 24.3 Å². The standard InChI is InChI=1S/C17H27N3O/c1-14-11-18-12-15(14)13-19-7-9-20(10-8-19)16-3-5-17(21-2)6-4-16/h3-6,14-15,18H,7-13H2,1-2H3. The molecule has 0 amide bonds. The van der Waals surface area contributed by atoms with E-state index in [0.717, 1.165) is 30.7 Å². The molecule has 2 fully saturated rings. The van der Waals surface area contributed by atoms with Crippen LogP contribution >= 0.6 is 0 Å². The van der Waals surface area contributed by atoms with Gasteiger partial charge in [0.1, 0.15) is 5.75 Å². The van der Waals surface area contributed by atoms with E-state index in [1.54, 1.807) is 7.11 Å². The van der Waals surface area contributed by atoms with Gasteiger partial charge in [0.05, 0.1) is 7.11 Å². The molecule has 2 atom stereocenters. The second-order valence-electron chi connectivity index (χ2n) is 6.38. The van der Waals surface area contributed by atoms with E-state index in [2.05, 4.69) is 34.2 Å². The smallest absolute Gasteiger partial charge is 0.119 e. The minimum absolute atomic E-state index is 0.824. The third-order valence-electron chi connectivity index (χ3n) is 4.98. The van der Waals surface area contributed by atoms with Gasteiger partial charge in [-0.05, 0) is 49.2 Å². The summed E-state index contributed by atoms with van der Waals surface area (Å²) in [7, 11) is 1.71. The Bertz CT molecular complexity index is 440. The number of methoxy groups -OCH3 is 1. The van der Waals surface area contributed by atoms with Crippen molar-refractivity contribution >= 4 is 5.69 Å². The minimum Gasteiger partial charge on any atom is -0.497 e. The van der Waals surface area contributed by atoms with Gasteiger partial charge in [0.25, 0.3) is 0 Å². The van der Waals surface area contributed by atoms with Gasteiger partial charge in [-0.2, -0.15) is 0 Å². The van der Waals surface area contributed by atoms with Gasteiger partial charge < -0.3 is 15.0 Å². The molecule has 0 aliphatic carbocycles. The summed E-state index contributed by atoms with van der Waals surface area (Å²) in [5.74, 6) is 2.59. The summed E-state index contributed by atoms with van der Waals surface area (Å²) in [6.07, 6.45) is 0. The van der Waals surface area contributed by atoms with Gasteiger partial charge >= 0.3 is 0 Å². The molecule has 0 spiro atoms. The molecule has 0 bridgehead atoms. The van der Waals surface area contributed by atoms with Crippen molar-refractivity contribution < 1.29 is 4.74 Å². The van der Waals surface area contributed by atoms with Gasteiger partial charge in [0.15, 0.2) is 0 Å². The molecule has 21 heavy (non-hydrogen) atoms. The zero-order chi connectivity index (χ0) is 14.7. The van der Waals surface area contributed by atoms with Crippen molar-refractivity contribution in [1.82, 2.24) is 10.2 Å². The van der Waals surface area contributed by atoms with Crippen molar-refractivity contribution in [2.75, 3.05) is 57.8 Å². The second kappa shape index (κ2) is 6.67. The van der Waals surface area contributed by atoms with Gasteiger partial charge in [-0.25, -0.2) is 0 Å². The minimum atomic E-state index is 0.824. The number of nitrogens with zero attached hydrogens (tertiary/aromatic N) is 2. The maximum Gasteiger partial charge on any atom is 0.119 e. The zero-order valence-electron chi connectivity index (χ0n) is 13.2. The highest BCUT2D eigenvalue weighted by molar-refractivity contribution is 5.49. The summed E-state index contributed by atoms with van der Waals surface area (Å²) in [4.78, 5) is 5.11. The Morgan fingerprint density at radius 3 is 2.38 bits per heavy atom. The molecule has 4 heteroatoms. The highest BCUT2D eigenvalue weighted by Gasteiger charge is 2.26. The molecule has 116 valence electrons. The fourth-order valence-electron chi connectivity index (χ4n) is 3.42. The summed E-state index contributed by atoms with van der Waals surface area (Å²) >= 11 is 0. The van der Waals surface area contributed by atoms with Crippen LogP contribution in [0, 0.1) is 11.8 Å². The van der Waals surface area contributed by atoms with Crippen molar-refractivity contribution in [2.24, 2.45) is 11.8 Å². The molecule has 4 nitrogen and oxygen atoms in total. The average Bonchev–Trinajstić information content (AvgIpc) is 2.93. The van der Waals surface area contributed by atoms with E-state index < -0.39 is 0 Å². The molecule has 0 aromatic heterocycles. The molecule has 2 aliphatic heterocycles. The van der Waals surface area contributed by atoms with Gasteiger partial charge in [-0.1, -0.05) is 6.92 Å². The molecule has 1 N–H and O–H groups in total. The highest BCUT2D eigenvalue weighted by atomic mass is 16.5. The topological polar surface area (TPSA) is 27.7 Å². The third-order valence-corrected chi connectivity index (χ3v) is 4.98. The normalized spacial score (nSPS) is 27.0. The van der Waals surface area contributed by atoms with Crippen molar-refractivity contribution in [2.45, 2.75) is 6.92 Å². The predicted octanol–water partition coefficient (Wildman–Crippen LogP) is 1.67. The maximum atomic E-state index is 5.23. The Labute approximate surface area is 128 Å². The lowest BCUT2D eigenvalue weighted by Crippen LogP contribution is -2.48. The molecule has 1 aromatic carbocycles. The lowest BCUT2D eigenvalue weighted by molar-refractivity contribution is 0.208. The van der Waals surface area contributed by atoms with Gasteiger partial charge in [0.2, 0.25) is 0 Å². The molecule has 0 radical (unpaired) electrons. The van der Waals surface area contributed by atoms with Crippen LogP contribution in [0.4, 0.5) is 5.69 Å². The van der Waals surface area contributed by atoms with Gasteiger partial charge in [-0.15, -0.1) is 0 Å². The van der Waals surface area contributed by atoms with E-state index in [-0.39, 0.29) is 0 Å². The van der Waals surface area contributed by atoms with E-state index in [1.165, 1.54) is 38.4 Å². The Morgan fingerprint density at radius 1 is 1.10 bits per heavy atom. The van der Waals surface area contributed by atoms with Crippen molar-refractivity contribution in [1.29, 1.82) is 0 Å². The summed E-state index contributed by atoms with van der Waals surface area (Å²) in [5, 5.41) is 3.51. The molecule has 2 heterocycles. The fraction of sp³-hybridized carbons (Fsp3) is 0.647. The average molecular weight is 289 g/mol. The zero-order valence-corrected chi connectivity index (χ0v) is 13.2. The second-order valence-corrected chi connectivity index (χ2v) is 6.38. The SMILES string of the molecule is COc1ccc(N2CCN(CC3CNCC3C)CC2)cc1. The van der Waals surface area contributed by atoms with Crippen LogP contribution in [0.5, 0.6) is 5.75 Å². The summed E-state index contributed by atoms with van der Waals surface area (Å²) in [5.41, 5.74) is 1.31. The van der Waals surface area contributed by atoms with E-state index in [9.17, 15) is 0 Å². The van der Waals surface area contributed by atoms with Gasteiger partial charge in [0, 0.05) is 38.4 Å². The lowest BCUT2D eigenvalue weighted by atomic mass is 9.97. The molecular formula is C17H27N3O. The maximum absolute atomic E-state index is 5.23. The number of ether oxygens (including phenoxy) is 1. The molecular weight excluding hydrogens is 262 g/mol. The number of piperazine rings is 1. The first-order valence-electron chi connectivity index (χ1n) is 8.08. The van der Waals surface area contributed by atoms with Crippen LogP contribution in [0.15, 0.2) is 24.3 Å². The number of hydrogen-bond acceptors (Lipinski definition) is 4. The molecule has 2 aliphatic rings. The lowest BCUT2D eigenvalue weighted by Gasteiger charge is -2.37. The quantitative estimate of drug-likeness (QED) is 0.912. The van der Waals surface area contributed by atoms with Crippen LogP contribution < -0.4 is 15.0 Å². The fourth-order valence-corrected chi connectivity index (χ4v) is 3.42.